The first-order chi connectivity index (χ1) is 15.5. The van der Waals surface area contributed by atoms with Crippen molar-refractivity contribution in [3.05, 3.63) is 36.4 Å². The zero-order valence-electron chi connectivity index (χ0n) is 21.6. The summed E-state index contributed by atoms with van der Waals surface area (Å²) in [5.41, 5.74) is 1.91. The number of amides is 1. The minimum absolute atomic E-state index is 0.0193. The Balaban J connectivity index is 0.000000331. The van der Waals surface area contributed by atoms with Crippen molar-refractivity contribution in [3.63, 3.8) is 0 Å². The Morgan fingerprint density at radius 1 is 0.909 bits per heavy atom. The molecule has 33 heavy (non-hydrogen) atoms. The molecule has 0 aliphatic rings. The predicted octanol–water partition coefficient (Wildman–Crippen LogP) is 5.53. The average molecular weight is 459 g/mol. The van der Waals surface area contributed by atoms with E-state index in [1.807, 2.05) is 32.0 Å². The molecule has 0 radical (unpaired) electrons. The summed E-state index contributed by atoms with van der Waals surface area (Å²) in [7, 11) is 1.73. The predicted molar refractivity (Wildman–Crippen MR) is 136 cm³/mol. The topological polar surface area (TPSA) is 101 Å². The third kappa shape index (κ3) is 11.6. The molecular formula is C25H42N6O2. The largest absolute Gasteiger partial charge is 0.383 e. The van der Waals surface area contributed by atoms with E-state index in [2.05, 4.69) is 72.4 Å². The van der Waals surface area contributed by atoms with Crippen molar-refractivity contribution in [1.82, 2.24) is 15.0 Å². The number of nitrogens with one attached hydrogen (secondary N) is 3. The molecule has 2 aromatic heterocycles. The number of anilines is 3. The second-order valence-corrected chi connectivity index (χ2v) is 9.35. The maximum Gasteiger partial charge on any atom is 0.228 e. The standard InChI is InChI=1S/C13H23N3O.C12H19N3O/c1-9(2)6-12(17-5)11-7-13(15-8-14-11)16-10(3)4;1-8(2)12(16)15-11-7-10(5-6-13-11)14-9(3)4/h7-10,12H,6H2,1-5H3,(H,14,15,16);5-9H,1-4H3,(H2,13,14,15,16). The van der Waals surface area contributed by atoms with Gasteiger partial charge in [0.2, 0.25) is 5.91 Å². The van der Waals surface area contributed by atoms with Crippen LogP contribution in [-0.2, 0) is 9.53 Å². The van der Waals surface area contributed by atoms with Crippen molar-refractivity contribution >= 4 is 23.2 Å². The molecule has 8 nitrogen and oxygen atoms in total. The van der Waals surface area contributed by atoms with Crippen LogP contribution in [0.2, 0.25) is 0 Å². The highest BCUT2D eigenvalue weighted by Crippen LogP contribution is 2.23. The third-order valence-corrected chi connectivity index (χ3v) is 4.42. The van der Waals surface area contributed by atoms with Crippen LogP contribution in [0, 0.1) is 11.8 Å². The van der Waals surface area contributed by atoms with Crippen LogP contribution in [0.5, 0.6) is 0 Å². The summed E-state index contributed by atoms with van der Waals surface area (Å²) < 4.78 is 5.49. The molecule has 0 aromatic carbocycles. The lowest BCUT2D eigenvalue weighted by atomic mass is 10.0. The smallest absolute Gasteiger partial charge is 0.228 e. The highest BCUT2D eigenvalue weighted by Gasteiger charge is 2.15. The fraction of sp³-hybridized carbons (Fsp3) is 0.600. The summed E-state index contributed by atoms with van der Waals surface area (Å²) >= 11 is 0. The Morgan fingerprint density at radius 2 is 1.58 bits per heavy atom. The highest BCUT2D eigenvalue weighted by atomic mass is 16.5. The molecule has 2 heterocycles. The van der Waals surface area contributed by atoms with Crippen LogP contribution in [-0.4, -0.2) is 40.1 Å². The van der Waals surface area contributed by atoms with Gasteiger partial charge in [0.05, 0.1) is 11.8 Å². The summed E-state index contributed by atoms with van der Waals surface area (Å²) in [6.45, 7) is 16.4. The van der Waals surface area contributed by atoms with Gasteiger partial charge in [0.15, 0.2) is 0 Å². The van der Waals surface area contributed by atoms with Crippen molar-refractivity contribution in [3.8, 4) is 0 Å². The van der Waals surface area contributed by atoms with Crippen molar-refractivity contribution < 1.29 is 9.53 Å². The Kier molecular flexibility index (Phi) is 12.4. The second kappa shape index (κ2) is 14.4. The first-order valence-electron chi connectivity index (χ1n) is 11.7. The number of hydrogen-bond donors (Lipinski definition) is 3. The SMILES string of the molecule is CC(C)Nc1ccnc(NC(=O)C(C)C)c1.COC(CC(C)C)c1cc(NC(C)C)ncn1. The molecule has 0 bridgehead atoms. The lowest BCUT2D eigenvalue weighted by Crippen LogP contribution is -2.18. The zero-order valence-corrected chi connectivity index (χ0v) is 21.6. The molecule has 1 unspecified atom stereocenters. The molecular weight excluding hydrogens is 416 g/mol. The minimum atomic E-state index is -0.0384. The van der Waals surface area contributed by atoms with Gasteiger partial charge < -0.3 is 20.7 Å². The van der Waals surface area contributed by atoms with Gasteiger partial charge >= 0.3 is 0 Å². The molecule has 2 rings (SSSR count). The Hall–Kier alpha value is -2.74. The lowest BCUT2D eigenvalue weighted by Gasteiger charge is -2.18. The van der Waals surface area contributed by atoms with Crippen LogP contribution in [0.3, 0.4) is 0 Å². The molecule has 8 heteroatoms. The van der Waals surface area contributed by atoms with Crippen molar-refractivity contribution in [2.45, 2.75) is 80.0 Å². The number of carbonyl (C=O) groups excluding carboxylic acids is 1. The Morgan fingerprint density at radius 3 is 2.12 bits per heavy atom. The quantitative estimate of drug-likeness (QED) is 0.430. The normalized spacial score (nSPS) is 11.9. The van der Waals surface area contributed by atoms with E-state index in [1.54, 1.807) is 19.6 Å². The summed E-state index contributed by atoms with van der Waals surface area (Å²) in [6.07, 6.45) is 4.28. The van der Waals surface area contributed by atoms with Gasteiger partial charge in [0.25, 0.3) is 0 Å². The van der Waals surface area contributed by atoms with Gasteiger partial charge in [-0.15, -0.1) is 0 Å². The fourth-order valence-electron chi connectivity index (χ4n) is 2.88. The molecule has 0 aliphatic carbocycles. The van der Waals surface area contributed by atoms with E-state index >= 15 is 0 Å². The number of ether oxygens (including phenoxy) is 1. The molecule has 0 aliphatic heterocycles. The van der Waals surface area contributed by atoms with Gasteiger partial charge in [-0.05, 0) is 46.1 Å². The van der Waals surface area contributed by atoms with Gasteiger partial charge in [-0.25, -0.2) is 15.0 Å². The van der Waals surface area contributed by atoms with Gasteiger partial charge in [-0.3, -0.25) is 4.79 Å². The van der Waals surface area contributed by atoms with E-state index in [-0.39, 0.29) is 17.9 Å². The van der Waals surface area contributed by atoms with Crippen LogP contribution in [0.1, 0.15) is 73.6 Å². The second-order valence-electron chi connectivity index (χ2n) is 9.35. The number of pyridine rings is 1. The summed E-state index contributed by atoms with van der Waals surface area (Å²) in [5.74, 6) is 1.97. The Bertz CT molecular complexity index is 839. The van der Waals surface area contributed by atoms with Crippen LogP contribution >= 0.6 is 0 Å². The molecule has 184 valence electrons. The average Bonchev–Trinajstić information content (AvgIpc) is 2.71. The number of nitrogens with zero attached hydrogens (tertiary/aromatic N) is 3. The van der Waals surface area contributed by atoms with Crippen molar-refractivity contribution in [2.24, 2.45) is 11.8 Å². The van der Waals surface area contributed by atoms with E-state index in [4.69, 9.17) is 4.74 Å². The molecule has 0 fully saturated rings. The van der Waals surface area contributed by atoms with E-state index in [1.165, 1.54) is 0 Å². The summed E-state index contributed by atoms with van der Waals surface area (Å²) in [4.78, 5) is 24.1. The lowest BCUT2D eigenvalue weighted by molar-refractivity contribution is -0.118. The molecule has 3 N–H and O–H groups in total. The van der Waals surface area contributed by atoms with Crippen LogP contribution < -0.4 is 16.0 Å². The number of rotatable bonds is 10. The van der Waals surface area contributed by atoms with Gasteiger partial charge in [-0.1, -0.05) is 27.7 Å². The van der Waals surface area contributed by atoms with E-state index in [0.29, 0.717) is 23.8 Å². The van der Waals surface area contributed by atoms with Crippen LogP contribution in [0.4, 0.5) is 17.3 Å². The van der Waals surface area contributed by atoms with Crippen molar-refractivity contribution in [2.75, 3.05) is 23.1 Å². The first-order valence-corrected chi connectivity index (χ1v) is 11.7. The van der Waals surface area contributed by atoms with Gasteiger partial charge in [0.1, 0.15) is 18.0 Å². The van der Waals surface area contributed by atoms with Crippen LogP contribution in [0.15, 0.2) is 30.7 Å². The zero-order chi connectivity index (χ0) is 25.0. The fourth-order valence-corrected chi connectivity index (χ4v) is 2.88. The monoisotopic (exact) mass is 458 g/mol. The summed E-state index contributed by atoms with van der Waals surface area (Å²) in [5, 5.41) is 9.29. The molecule has 0 saturated heterocycles. The molecule has 1 atom stereocenters. The van der Waals surface area contributed by atoms with Gasteiger partial charge in [0, 0.05) is 49.1 Å². The Labute approximate surface area is 199 Å². The number of hydrogen-bond acceptors (Lipinski definition) is 7. The van der Waals surface area contributed by atoms with Crippen LogP contribution in [0.25, 0.3) is 0 Å². The molecule has 1 amide bonds. The maximum absolute atomic E-state index is 11.5. The minimum Gasteiger partial charge on any atom is -0.383 e. The van der Waals surface area contributed by atoms with Crippen molar-refractivity contribution in [1.29, 1.82) is 0 Å². The molecule has 0 spiro atoms. The van der Waals surface area contributed by atoms with E-state index < -0.39 is 0 Å². The summed E-state index contributed by atoms with van der Waals surface area (Å²) in [6, 6.07) is 6.40. The molecule has 0 saturated carbocycles. The number of aromatic nitrogens is 3. The first kappa shape index (κ1) is 28.3. The third-order valence-electron chi connectivity index (χ3n) is 4.42. The molecule has 2 aromatic rings. The van der Waals surface area contributed by atoms with E-state index in [0.717, 1.165) is 23.6 Å². The van der Waals surface area contributed by atoms with Gasteiger partial charge in [-0.2, -0.15) is 0 Å². The maximum atomic E-state index is 11.5. The van der Waals surface area contributed by atoms with E-state index in [9.17, 15) is 4.79 Å². The number of methoxy groups -OCH3 is 1. The number of carbonyl (C=O) groups is 1. The highest BCUT2D eigenvalue weighted by molar-refractivity contribution is 5.91.